The minimum Gasteiger partial charge on any atom is -0.396 e. The van der Waals surface area contributed by atoms with Gasteiger partial charge in [0.1, 0.15) is 5.82 Å². The van der Waals surface area contributed by atoms with Crippen LogP contribution in [0.15, 0.2) is 12.3 Å². The summed E-state index contributed by atoms with van der Waals surface area (Å²) in [7, 11) is 0. The molecule has 1 saturated heterocycles. The molecule has 1 fully saturated rings. The van der Waals surface area contributed by atoms with Gasteiger partial charge in [-0.1, -0.05) is 0 Å². The zero-order valence-corrected chi connectivity index (χ0v) is 9.70. The maximum Gasteiger partial charge on any atom is 0.149 e. The molecule has 1 aliphatic rings. The van der Waals surface area contributed by atoms with Crippen LogP contribution in [-0.4, -0.2) is 24.2 Å². The van der Waals surface area contributed by atoms with Gasteiger partial charge in [0.15, 0.2) is 0 Å². The molecule has 0 spiro atoms. The van der Waals surface area contributed by atoms with Crippen molar-refractivity contribution in [3.05, 3.63) is 17.8 Å². The molecule has 1 aromatic heterocycles. The van der Waals surface area contributed by atoms with Crippen LogP contribution in [0.5, 0.6) is 0 Å². The zero-order valence-electron chi connectivity index (χ0n) is 9.70. The number of nitrogens with two attached hydrogens (primary N) is 1. The molecule has 0 aliphatic carbocycles. The first-order chi connectivity index (χ1) is 7.75. The Balaban J connectivity index is 1.88. The van der Waals surface area contributed by atoms with Crippen molar-refractivity contribution >= 4 is 11.5 Å². The lowest BCUT2D eigenvalue weighted by Crippen LogP contribution is -2.27. The van der Waals surface area contributed by atoms with Crippen LogP contribution in [0.25, 0.3) is 0 Å². The predicted molar refractivity (Wildman–Crippen MR) is 65.5 cm³/mol. The average molecular weight is 221 g/mol. The summed E-state index contributed by atoms with van der Waals surface area (Å²) >= 11 is 0. The quantitative estimate of drug-likeness (QED) is 0.819. The third-order valence-electron chi connectivity index (χ3n) is 2.83. The number of anilines is 2. The molecule has 0 radical (unpaired) electrons. The Morgan fingerprint density at radius 3 is 3.12 bits per heavy atom. The lowest BCUT2D eigenvalue weighted by atomic mass is 10.1. The summed E-state index contributed by atoms with van der Waals surface area (Å²) in [6.07, 6.45) is 5.68. The standard InChI is InChI=1S/C12H19N3O/c1-9-6-11(13)12(14-7-9)15-8-10-4-2-3-5-16-10/h6-7,10H,2-5,8,13H2,1H3,(H,14,15). The molecule has 4 nitrogen and oxygen atoms in total. The molecule has 0 aromatic carbocycles. The minimum absolute atomic E-state index is 0.302. The summed E-state index contributed by atoms with van der Waals surface area (Å²) in [5.74, 6) is 0.764. The van der Waals surface area contributed by atoms with Gasteiger partial charge in [-0.05, 0) is 37.8 Å². The van der Waals surface area contributed by atoms with E-state index in [0.29, 0.717) is 11.8 Å². The summed E-state index contributed by atoms with van der Waals surface area (Å²) in [5, 5.41) is 3.25. The number of nitrogen functional groups attached to an aromatic ring is 1. The van der Waals surface area contributed by atoms with Gasteiger partial charge < -0.3 is 15.8 Å². The van der Waals surface area contributed by atoms with Crippen LogP contribution >= 0.6 is 0 Å². The second kappa shape index (κ2) is 5.16. The highest BCUT2D eigenvalue weighted by atomic mass is 16.5. The Bertz CT molecular complexity index is 348. The van der Waals surface area contributed by atoms with Crippen LogP contribution < -0.4 is 11.1 Å². The molecule has 1 aliphatic heterocycles. The highest BCUT2D eigenvalue weighted by Gasteiger charge is 2.13. The highest BCUT2D eigenvalue weighted by molar-refractivity contribution is 5.61. The number of rotatable bonds is 3. The molecule has 16 heavy (non-hydrogen) atoms. The molecule has 88 valence electrons. The van der Waals surface area contributed by atoms with E-state index in [0.717, 1.165) is 31.0 Å². The van der Waals surface area contributed by atoms with Crippen LogP contribution in [0.4, 0.5) is 11.5 Å². The lowest BCUT2D eigenvalue weighted by molar-refractivity contribution is 0.0247. The Morgan fingerprint density at radius 2 is 2.44 bits per heavy atom. The second-order valence-electron chi connectivity index (χ2n) is 4.32. The topological polar surface area (TPSA) is 60.2 Å². The second-order valence-corrected chi connectivity index (χ2v) is 4.32. The Labute approximate surface area is 96.2 Å². The predicted octanol–water partition coefficient (Wildman–Crippen LogP) is 1.95. The van der Waals surface area contributed by atoms with E-state index in [4.69, 9.17) is 10.5 Å². The molecular formula is C12H19N3O. The average Bonchev–Trinajstić information content (AvgIpc) is 2.29. The van der Waals surface area contributed by atoms with Crippen molar-refractivity contribution in [1.82, 2.24) is 4.98 Å². The fraction of sp³-hybridized carbons (Fsp3) is 0.583. The molecule has 0 bridgehead atoms. The van der Waals surface area contributed by atoms with Crippen LogP contribution in [0.3, 0.4) is 0 Å². The van der Waals surface area contributed by atoms with Gasteiger partial charge in [0.25, 0.3) is 0 Å². The molecule has 1 atom stereocenters. The molecule has 0 amide bonds. The number of aryl methyl sites for hydroxylation is 1. The first-order valence-electron chi connectivity index (χ1n) is 5.83. The third kappa shape index (κ3) is 2.85. The molecule has 2 rings (SSSR count). The van der Waals surface area contributed by atoms with Gasteiger partial charge in [-0.2, -0.15) is 0 Å². The summed E-state index contributed by atoms with van der Waals surface area (Å²) in [6, 6.07) is 1.93. The molecule has 4 heteroatoms. The van der Waals surface area contributed by atoms with Crippen LogP contribution in [0.2, 0.25) is 0 Å². The van der Waals surface area contributed by atoms with E-state index < -0.39 is 0 Å². The fourth-order valence-electron chi connectivity index (χ4n) is 1.92. The lowest BCUT2D eigenvalue weighted by Gasteiger charge is -2.23. The molecule has 1 unspecified atom stereocenters. The molecule has 0 saturated carbocycles. The SMILES string of the molecule is Cc1cnc(NCC2CCCCO2)c(N)c1. The van der Waals surface area contributed by atoms with Gasteiger partial charge in [0.2, 0.25) is 0 Å². The van der Waals surface area contributed by atoms with Gasteiger partial charge >= 0.3 is 0 Å². The number of hydrogen-bond donors (Lipinski definition) is 2. The van der Waals surface area contributed by atoms with E-state index >= 15 is 0 Å². The molecule has 3 N–H and O–H groups in total. The number of pyridine rings is 1. The van der Waals surface area contributed by atoms with Gasteiger partial charge in [0.05, 0.1) is 11.8 Å². The number of aromatic nitrogens is 1. The fourth-order valence-corrected chi connectivity index (χ4v) is 1.92. The number of nitrogens with zero attached hydrogens (tertiary/aromatic N) is 1. The number of hydrogen-bond acceptors (Lipinski definition) is 4. The Hall–Kier alpha value is -1.29. The Morgan fingerprint density at radius 1 is 1.56 bits per heavy atom. The first-order valence-corrected chi connectivity index (χ1v) is 5.83. The zero-order chi connectivity index (χ0) is 11.4. The normalized spacial score (nSPS) is 20.7. The van der Waals surface area contributed by atoms with E-state index in [2.05, 4.69) is 10.3 Å². The van der Waals surface area contributed by atoms with E-state index in [-0.39, 0.29) is 0 Å². The van der Waals surface area contributed by atoms with Gasteiger partial charge in [-0.3, -0.25) is 0 Å². The highest BCUT2D eigenvalue weighted by Crippen LogP contribution is 2.18. The summed E-state index contributed by atoms with van der Waals surface area (Å²) in [6.45, 7) is 3.65. The van der Waals surface area contributed by atoms with Gasteiger partial charge in [0, 0.05) is 19.3 Å². The first kappa shape index (κ1) is 11.2. The van der Waals surface area contributed by atoms with Crippen LogP contribution in [0, 0.1) is 6.92 Å². The van der Waals surface area contributed by atoms with Crippen molar-refractivity contribution in [3.8, 4) is 0 Å². The maximum absolute atomic E-state index is 5.87. The third-order valence-corrected chi connectivity index (χ3v) is 2.83. The number of ether oxygens (including phenoxy) is 1. The molecule has 1 aromatic rings. The number of nitrogens with one attached hydrogen (secondary N) is 1. The maximum atomic E-state index is 5.87. The van der Waals surface area contributed by atoms with Gasteiger partial charge in [-0.15, -0.1) is 0 Å². The largest absolute Gasteiger partial charge is 0.396 e. The smallest absolute Gasteiger partial charge is 0.149 e. The van der Waals surface area contributed by atoms with Crippen molar-refractivity contribution in [2.75, 3.05) is 24.2 Å². The monoisotopic (exact) mass is 221 g/mol. The molecular weight excluding hydrogens is 202 g/mol. The van der Waals surface area contributed by atoms with E-state index in [9.17, 15) is 0 Å². The summed E-state index contributed by atoms with van der Waals surface area (Å²) in [5.41, 5.74) is 7.66. The van der Waals surface area contributed by atoms with Gasteiger partial charge in [-0.25, -0.2) is 4.98 Å². The van der Waals surface area contributed by atoms with Crippen molar-refractivity contribution < 1.29 is 4.74 Å². The molecule has 2 heterocycles. The van der Waals surface area contributed by atoms with Crippen molar-refractivity contribution in [3.63, 3.8) is 0 Å². The summed E-state index contributed by atoms with van der Waals surface area (Å²) < 4.78 is 5.63. The van der Waals surface area contributed by atoms with E-state index in [1.54, 1.807) is 0 Å². The van der Waals surface area contributed by atoms with E-state index in [1.807, 2.05) is 19.2 Å². The van der Waals surface area contributed by atoms with Crippen LogP contribution in [-0.2, 0) is 4.74 Å². The van der Waals surface area contributed by atoms with Crippen molar-refractivity contribution in [2.45, 2.75) is 32.3 Å². The van der Waals surface area contributed by atoms with E-state index in [1.165, 1.54) is 12.8 Å². The Kier molecular flexibility index (Phi) is 3.62. The van der Waals surface area contributed by atoms with Crippen LogP contribution in [0.1, 0.15) is 24.8 Å². The summed E-state index contributed by atoms with van der Waals surface area (Å²) in [4.78, 5) is 4.27. The minimum atomic E-state index is 0.302. The van der Waals surface area contributed by atoms with Crippen molar-refractivity contribution in [2.24, 2.45) is 0 Å². The van der Waals surface area contributed by atoms with Crippen molar-refractivity contribution in [1.29, 1.82) is 0 Å².